The Morgan fingerprint density at radius 1 is 1.05 bits per heavy atom. The third-order valence-electron chi connectivity index (χ3n) is 2.59. The van der Waals surface area contributed by atoms with Crippen molar-refractivity contribution in [3.63, 3.8) is 0 Å². The zero-order valence-corrected chi connectivity index (χ0v) is 12.1. The van der Waals surface area contributed by atoms with Gasteiger partial charge < -0.3 is 19.9 Å². The molecular weight excluding hydrogens is 299 g/mol. The molecule has 1 aromatic rings. The number of alkyl halides is 3. The lowest BCUT2D eigenvalue weighted by molar-refractivity contribution is -0.138. The van der Waals surface area contributed by atoms with Gasteiger partial charge in [-0.2, -0.15) is 13.2 Å². The first kappa shape index (κ1) is 18.7. The van der Waals surface area contributed by atoms with E-state index in [9.17, 15) is 13.2 Å². The standard InChI is InChI=1S/C12H16F3NO3.ClH/c1-17-9-5-4-7(8(16)6-12(13,14)15)10(18-2)11(9)19-3;/h4-5,8H,6,16H2,1-3H3;1H/t8-;/m1./s1. The molecule has 0 aromatic heterocycles. The topological polar surface area (TPSA) is 53.7 Å². The van der Waals surface area contributed by atoms with E-state index in [1.54, 1.807) is 0 Å². The molecule has 0 fully saturated rings. The van der Waals surface area contributed by atoms with E-state index in [1.807, 2.05) is 0 Å². The molecule has 2 N–H and O–H groups in total. The first-order chi connectivity index (χ1) is 8.84. The lowest BCUT2D eigenvalue weighted by Crippen LogP contribution is -2.21. The fourth-order valence-corrected chi connectivity index (χ4v) is 1.78. The summed E-state index contributed by atoms with van der Waals surface area (Å²) < 4.78 is 52.4. The van der Waals surface area contributed by atoms with E-state index in [0.717, 1.165) is 0 Å². The maximum absolute atomic E-state index is 12.4. The largest absolute Gasteiger partial charge is 0.493 e. The Morgan fingerprint density at radius 2 is 1.60 bits per heavy atom. The van der Waals surface area contributed by atoms with Crippen LogP contribution in [-0.2, 0) is 0 Å². The molecule has 0 heterocycles. The van der Waals surface area contributed by atoms with Crippen molar-refractivity contribution in [2.24, 2.45) is 5.73 Å². The summed E-state index contributed by atoms with van der Waals surface area (Å²) in [6, 6.07) is 1.71. The third kappa shape index (κ3) is 4.35. The van der Waals surface area contributed by atoms with Crippen LogP contribution < -0.4 is 19.9 Å². The van der Waals surface area contributed by atoms with E-state index >= 15 is 0 Å². The van der Waals surface area contributed by atoms with Crippen LogP contribution in [0.25, 0.3) is 0 Å². The van der Waals surface area contributed by atoms with Gasteiger partial charge in [0, 0.05) is 11.6 Å². The minimum Gasteiger partial charge on any atom is -0.493 e. The molecule has 0 aliphatic carbocycles. The van der Waals surface area contributed by atoms with E-state index in [0.29, 0.717) is 5.75 Å². The van der Waals surface area contributed by atoms with Crippen molar-refractivity contribution < 1.29 is 27.4 Å². The van der Waals surface area contributed by atoms with Gasteiger partial charge in [0.05, 0.1) is 27.8 Å². The third-order valence-corrected chi connectivity index (χ3v) is 2.59. The van der Waals surface area contributed by atoms with Gasteiger partial charge >= 0.3 is 6.18 Å². The van der Waals surface area contributed by atoms with Crippen molar-refractivity contribution in [3.05, 3.63) is 17.7 Å². The average molecular weight is 316 g/mol. The fourth-order valence-electron chi connectivity index (χ4n) is 1.78. The minimum atomic E-state index is -4.35. The van der Waals surface area contributed by atoms with Gasteiger partial charge in [-0.3, -0.25) is 0 Å². The van der Waals surface area contributed by atoms with Crippen LogP contribution in [0.15, 0.2) is 12.1 Å². The summed E-state index contributed by atoms with van der Waals surface area (Å²) in [7, 11) is 4.13. The van der Waals surface area contributed by atoms with E-state index < -0.39 is 18.6 Å². The highest BCUT2D eigenvalue weighted by Crippen LogP contribution is 2.43. The Kier molecular flexibility index (Phi) is 6.95. The minimum absolute atomic E-state index is 0. The van der Waals surface area contributed by atoms with Crippen LogP contribution in [0, 0.1) is 0 Å². The molecule has 4 nitrogen and oxygen atoms in total. The molecule has 0 saturated heterocycles. The van der Waals surface area contributed by atoms with Crippen molar-refractivity contribution in [2.45, 2.75) is 18.6 Å². The number of ether oxygens (including phenoxy) is 3. The molecule has 0 amide bonds. The van der Waals surface area contributed by atoms with Gasteiger partial charge in [0.2, 0.25) is 5.75 Å². The summed E-state index contributed by atoms with van der Waals surface area (Å²) in [5.41, 5.74) is 5.80. The summed E-state index contributed by atoms with van der Waals surface area (Å²) in [6.45, 7) is 0. The molecule has 1 aromatic carbocycles. The maximum atomic E-state index is 12.4. The van der Waals surface area contributed by atoms with Crippen LogP contribution in [0.3, 0.4) is 0 Å². The Hall–Kier alpha value is -1.34. The Morgan fingerprint density at radius 3 is 2.00 bits per heavy atom. The summed E-state index contributed by atoms with van der Waals surface area (Å²) in [5.74, 6) is 0.737. The monoisotopic (exact) mass is 315 g/mol. The number of hydrogen-bond donors (Lipinski definition) is 1. The van der Waals surface area contributed by atoms with Crippen molar-refractivity contribution >= 4 is 12.4 Å². The van der Waals surface area contributed by atoms with Crippen molar-refractivity contribution in [1.82, 2.24) is 0 Å². The SMILES string of the molecule is COc1ccc([C@H](N)CC(F)(F)F)c(OC)c1OC.Cl. The predicted molar refractivity (Wildman–Crippen MR) is 70.9 cm³/mol. The van der Waals surface area contributed by atoms with Crippen molar-refractivity contribution in [1.29, 1.82) is 0 Å². The highest BCUT2D eigenvalue weighted by atomic mass is 35.5. The quantitative estimate of drug-likeness (QED) is 0.907. The van der Waals surface area contributed by atoms with Gasteiger partial charge in [0.1, 0.15) is 0 Å². The van der Waals surface area contributed by atoms with Crippen LogP contribution in [0.4, 0.5) is 13.2 Å². The van der Waals surface area contributed by atoms with Crippen LogP contribution in [0.1, 0.15) is 18.0 Å². The summed E-state index contributed by atoms with van der Waals surface area (Å²) in [5, 5.41) is 0. The first-order valence-electron chi connectivity index (χ1n) is 5.45. The summed E-state index contributed by atoms with van der Waals surface area (Å²) >= 11 is 0. The molecule has 0 saturated carbocycles. The zero-order chi connectivity index (χ0) is 14.6. The van der Waals surface area contributed by atoms with E-state index in [4.69, 9.17) is 19.9 Å². The van der Waals surface area contributed by atoms with Gasteiger partial charge in [0.25, 0.3) is 0 Å². The van der Waals surface area contributed by atoms with E-state index in [-0.39, 0.29) is 29.5 Å². The van der Waals surface area contributed by atoms with E-state index in [2.05, 4.69) is 0 Å². The van der Waals surface area contributed by atoms with Crippen molar-refractivity contribution in [3.8, 4) is 17.2 Å². The van der Waals surface area contributed by atoms with Crippen LogP contribution in [-0.4, -0.2) is 27.5 Å². The highest BCUT2D eigenvalue weighted by molar-refractivity contribution is 5.85. The Bertz CT molecular complexity index is 441. The molecule has 0 bridgehead atoms. The molecule has 0 radical (unpaired) electrons. The molecule has 0 unspecified atom stereocenters. The second-order valence-electron chi connectivity index (χ2n) is 3.85. The summed E-state index contributed by atoms with van der Waals surface area (Å²) in [4.78, 5) is 0. The predicted octanol–water partition coefficient (Wildman–Crippen LogP) is 3.09. The fraction of sp³-hybridized carbons (Fsp3) is 0.500. The van der Waals surface area contributed by atoms with Gasteiger partial charge in [-0.15, -0.1) is 12.4 Å². The zero-order valence-electron chi connectivity index (χ0n) is 11.3. The molecular formula is C12H17ClF3NO3. The first-order valence-corrected chi connectivity index (χ1v) is 5.45. The number of methoxy groups -OCH3 is 3. The molecule has 116 valence electrons. The molecule has 0 aliphatic rings. The van der Waals surface area contributed by atoms with Gasteiger partial charge in [-0.25, -0.2) is 0 Å². The molecule has 0 spiro atoms. The second kappa shape index (κ2) is 7.44. The number of halogens is 4. The van der Waals surface area contributed by atoms with Crippen LogP contribution >= 0.6 is 12.4 Å². The molecule has 1 atom stereocenters. The number of hydrogen-bond acceptors (Lipinski definition) is 4. The Balaban J connectivity index is 0.00000361. The summed E-state index contributed by atoms with van der Waals surface area (Å²) in [6.07, 6.45) is -5.49. The lowest BCUT2D eigenvalue weighted by atomic mass is 10.0. The van der Waals surface area contributed by atoms with Gasteiger partial charge in [-0.1, -0.05) is 0 Å². The van der Waals surface area contributed by atoms with Gasteiger partial charge in [-0.05, 0) is 12.1 Å². The number of rotatable bonds is 5. The maximum Gasteiger partial charge on any atom is 0.390 e. The second-order valence-corrected chi connectivity index (χ2v) is 3.85. The van der Waals surface area contributed by atoms with E-state index in [1.165, 1.54) is 33.5 Å². The van der Waals surface area contributed by atoms with Crippen LogP contribution in [0.5, 0.6) is 17.2 Å². The van der Waals surface area contributed by atoms with Gasteiger partial charge in [0.15, 0.2) is 11.5 Å². The molecule has 8 heteroatoms. The number of benzene rings is 1. The van der Waals surface area contributed by atoms with Crippen LogP contribution in [0.2, 0.25) is 0 Å². The molecule has 20 heavy (non-hydrogen) atoms. The Labute approximate surface area is 121 Å². The smallest absolute Gasteiger partial charge is 0.390 e. The number of nitrogens with two attached hydrogens (primary N) is 1. The lowest BCUT2D eigenvalue weighted by Gasteiger charge is -2.20. The molecule has 0 aliphatic heterocycles. The molecule has 1 rings (SSSR count). The normalized spacial score (nSPS) is 12.3. The van der Waals surface area contributed by atoms with Crippen molar-refractivity contribution in [2.75, 3.05) is 21.3 Å². The highest BCUT2D eigenvalue weighted by Gasteiger charge is 2.33. The average Bonchev–Trinajstić information content (AvgIpc) is 2.34.